The van der Waals surface area contributed by atoms with Crippen molar-refractivity contribution in [3.8, 4) is 0 Å². The van der Waals surface area contributed by atoms with Crippen LogP contribution in [0.5, 0.6) is 0 Å². The normalized spacial score (nSPS) is 33.4. The van der Waals surface area contributed by atoms with E-state index in [1.807, 2.05) is 20.8 Å². The lowest BCUT2D eigenvalue weighted by Crippen LogP contribution is -2.35. The van der Waals surface area contributed by atoms with Crippen molar-refractivity contribution in [3.63, 3.8) is 0 Å². The molecule has 1 N–H and O–H groups in total. The Bertz CT molecular complexity index is 298. The molecule has 0 unspecified atom stereocenters. The van der Waals surface area contributed by atoms with Gasteiger partial charge in [0.15, 0.2) is 0 Å². The second-order valence-electron chi connectivity index (χ2n) is 6.37. The second kappa shape index (κ2) is 4.48. The minimum absolute atomic E-state index is 0.171. The third-order valence-corrected chi connectivity index (χ3v) is 3.67. The summed E-state index contributed by atoms with van der Waals surface area (Å²) in [6.07, 6.45) is 2.37. The SMILES string of the molecule is CC(C)(C)OC(=O)N1C[C@H]2C[C@@H](O)CC[C@H]2C1. The van der Waals surface area contributed by atoms with Crippen LogP contribution in [0.2, 0.25) is 0 Å². The van der Waals surface area contributed by atoms with Gasteiger partial charge in [0.1, 0.15) is 5.60 Å². The summed E-state index contributed by atoms with van der Waals surface area (Å²) in [6, 6.07) is 0. The van der Waals surface area contributed by atoms with Crippen molar-refractivity contribution < 1.29 is 14.6 Å². The number of hydrogen-bond donors (Lipinski definition) is 1. The zero-order chi connectivity index (χ0) is 12.6. The number of likely N-dealkylation sites (tertiary alicyclic amines) is 1. The topological polar surface area (TPSA) is 49.8 Å². The lowest BCUT2D eigenvalue weighted by molar-refractivity contribution is 0.0282. The van der Waals surface area contributed by atoms with E-state index in [0.29, 0.717) is 11.8 Å². The molecule has 2 rings (SSSR count). The van der Waals surface area contributed by atoms with Crippen LogP contribution in [-0.4, -0.2) is 40.9 Å². The van der Waals surface area contributed by atoms with Crippen molar-refractivity contribution >= 4 is 6.09 Å². The fourth-order valence-electron chi connectivity index (χ4n) is 2.88. The van der Waals surface area contributed by atoms with Crippen LogP contribution in [0.4, 0.5) is 4.79 Å². The van der Waals surface area contributed by atoms with Gasteiger partial charge in [-0.25, -0.2) is 4.79 Å². The average Bonchev–Trinajstić information content (AvgIpc) is 2.57. The molecule has 0 bridgehead atoms. The average molecular weight is 241 g/mol. The Morgan fingerprint density at radius 2 is 1.88 bits per heavy atom. The van der Waals surface area contributed by atoms with Crippen molar-refractivity contribution in [1.29, 1.82) is 0 Å². The van der Waals surface area contributed by atoms with Crippen LogP contribution in [0.25, 0.3) is 0 Å². The molecule has 4 heteroatoms. The van der Waals surface area contributed by atoms with Gasteiger partial charge in [-0.3, -0.25) is 0 Å². The minimum atomic E-state index is -0.426. The number of nitrogens with zero attached hydrogens (tertiary/aromatic N) is 1. The number of carbonyl (C=O) groups is 1. The van der Waals surface area contributed by atoms with E-state index in [0.717, 1.165) is 32.4 Å². The highest BCUT2D eigenvalue weighted by Gasteiger charge is 2.40. The summed E-state index contributed by atoms with van der Waals surface area (Å²) in [5.74, 6) is 1.03. The summed E-state index contributed by atoms with van der Waals surface area (Å²) in [7, 11) is 0. The molecule has 1 amide bonds. The Morgan fingerprint density at radius 1 is 1.24 bits per heavy atom. The van der Waals surface area contributed by atoms with Crippen molar-refractivity contribution in [2.45, 2.75) is 51.7 Å². The van der Waals surface area contributed by atoms with Crippen LogP contribution in [0.1, 0.15) is 40.0 Å². The van der Waals surface area contributed by atoms with Gasteiger partial charge in [-0.1, -0.05) is 0 Å². The highest BCUT2D eigenvalue weighted by Crippen LogP contribution is 2.36. The summed E-state index contributed by atoms with van der Waals surface area (Å²) in [5, 5.41) is 9.63. The predicted octanol–water partition coefficient (Wildman–Crippen LogP) is 2.01. The second-order valence-corrected chi connectivity index (χ2v) is 6.37. The molecule has 98 valence electrons. The van der Waals surface area contributed by atoms with Gasteiger partial charge in [-0.2, -0.15) is 0 Å². The standard InChI is InChI=1S/C13H23NO3/c1-13(2,3)17-12(16)14-7-9-4-5-11(15)6-10(9)8-14/h9-11,15H,4-8H2,1-3H3/t9-,10+,11-/m0/s1. The van der Waals surface area contributed by atoms with Crippen LogP contribution in [0.3, 0.4) is 0 Å². The molecule has 0 aromatic carbocycles. The molecule has 1 heterocycles. The Hall–Kier alpha value is -0.770. The number of rotatable bonds is 0. The quantitative estimate of drug-likeness (QED) is 0.706. The predicted molar refractivity (Wildman–Crippen MR) is 64.6 cm³/mol. The van der Waals surface area contributed by atoms with E-state index in [4.69, 9.17) is 4.74 Å². The van der Waals surface area contributed by atoms with Crippen LogP contribution >= 0.6 is 0 Å². The first-order valence-corrected chi connectivity index (χ1v) is 6.51. The van der Waals surface area contributed by atoms with Crippen molar-refractivity contribution in [2.75, 3.05) is 13.1 Å². The number of hydrogen-bond acceptors (Lipinski definition) is 3. The Labute approximate surface area is 103 Å². The third-order valence-electron chi connectivity index (χ3n) is 3.67. The number of ether oxygens (including phenoxy) is 1. The maximum Gasteiger partial charge on any atom is 0.410 e. The highest BCUT2D eigenvalue weighted by atomic mass is 16.6. The molecule has 2 fully saturated rings. The third kappa shape index (κ3) is 3.12. The number of aliphatic hydroxyl groups excluding tert-OH is 1. The zero-order valence-electron chi connectivity index (χ0n) is 11.0. The smallest absolute Gasteiger partial charge is 0.410 e. The minimum Gasteiger partial charge on any atom is -0.444 e. The summed E-state index contributed by atoms with van der Waals surface area (Å²) >= 11 is 0. The number of aliphatic hydroxyl groups is 1. The van der Waals surface area contributed by atoms with E-state index in [1.54, 1.807) is 4.90 Å². The van der Waals surface area contributed by atoms with Crippen LogP contribution in [-0.2, 0) is 4.74 Å². The largest absolute Gasteiger partial charge is 0.444 e. The van der Waals surface area contributed by atoms with E-state index >= 15 is 0 Å². The summed E-state index contributed by atoms with van der Waals surface area (Å²) in [4.78, 5) is 13.7. The zero-order valence-corrected chi connectivity index (χ0v) is 11.0. The molecule has 17 heavy (non-hydrogen) atoms. The lowest BCUT2D eigenvalue weighted by atomic mass is 9.80. The summed E-state index contributed by atoms with van der Waals surface area (Å²) in [5.41, 5.74) is -0.426. The maximum atomic E-state index is 11.9. The number of amides is 1. The molecule has 1 aliphatic heterocycles. The molecule has 0 radical (unpaired) electrons. The van der Waals surface area contributed by atoms with Crippen LogP contribution in [0.15, 0.2) is 0 Å². The lowest BCUT2D eigenvalue weighted by Gasteiger charge is -2.27. The van der Waals surface area contributed by atoms with E-state index in [9.17, 15) is 9.90 Å². The summed E-state index contributed by atoms with van der Waals surface area (Å²) in [6.45, 7) is 7.20. The van der Waals surface area contributed by atoms with Gasteiger partial charge in [0.25, 0.3) is 0 Å². The fourth-order valence-corrected chi connectivity index (χ4v) is 2.88. The van der Waals surface area contributed by atoms with Gasteiger partial charge in [0.2, 0.25) is 0 Å². The van der Waals surface area contributed by atoms with E-state index in [2.05, 4.69) is 0 Å². The first-order chi connectivity index (χ1) is 7.85. The van der Waals surface area contributed by atoms with Crippen molar-refractivity contribution in [3.05, 3.63) is 0 Å². The summed E-state index contributed by atoms with van der Waals surface area (Å²) < 4.78 is 5.38. The molecular weight excluding hydrogens is 218 g/mol. The molecule has 1 saturated heterocycles. The van der Waals surface area contributed by atoms with Gasteiger partial charge in [-0.05, 0) is 51.9 Å². The molecule has 4 nitrogen and oxygen atoms in total. The fraction of sp³-hybridized carbons (Fsp3) is 0.923. The van der Waals surface area contributed by atoms with Crippen LogP contribution in [0, 0.1) is 11.8 Å². The van der Waals surface area contributed by atoms with Gasteiger partial charge in [0, 0.05) is 13.1 Å². The van der Waals surface area contributed by atoms with Gasteiger partial charge >= 0.3 is 6.09 Å². The molecule has 3 atom stereocenters. The van der Waals surface area contributed by atoms with Crippen molar-refractivity contribution in [2.24, 2.45) is 11.8 Å². The van der Waals surface area contributed by atoms with Gasteiger partial charge in [-0.15, -0.1) is 0 Å². The Morgan fingerprint density at radius 3 is 2.53 bits per heavy atom. The number of carbonyl (C=O) groups excluding carboxylic acids is 1. The maximum absolute atomic E-state index is 11.9. The monoisotopic (exact) mass is 241 g/mol. The van der Waals surface area contributed by atoms with E-state index in [1.165, 1.54) is 0 Å². The first-order valence-electron chi connectivity index (χ1n) is 6.51. The first kappa shape index (κ1) is 12.7. The van der Waals surface area contributed by atoms with Gasteiger partial charge in [0.05, 0.1) is 6.10 Å². The molecular formula is C13H23NO3. The number of fused-ring (bicyclic) bond motifs is 1. The molecule has 1 aliphatic carbocycles. The molecule has 2 aliphatic rings. The van der Waals surface area contributed by atoms with Crippen LogP contribution < -0.4 is 0 Å². The Balaban J connectivity index is 1.91. The molecule has 1 saturated carbocycles. The molecule has 0 aromatic heterocycles. The molecule has 0 spiro atoms. The van der Waals surface area contributed by atoms with Crippen molar-refractivity contribution in [1.82, 2.24) is 4.90 Å². The molecule has 0 aromatic rings. The van der Waals surface area contributed by atoms with E-state index in [-0.39, 0.29) is 12.2 Å². The Kier molecular flexibility index (Phi) is 3.34. The van der Waals surface area contributed by atoms with E-state index < -0.39 is 5.60 Å². The highest BCUT2D eigenvalue weighted by molar-refractivity contribution is 5.68. The van der Waals surface area contributed by atoms with Gasteiger partial charge < -0.3 is 14.7 Å².